The molecule has 1 aromatic carbocycles. The third-order valence-electron chi connectivity index (χ3n) is 4.85. The van der Waals surface area contributed by atoms with Gasteiger partial charge < -0.3 is 19.5 Å². The second-order valence-electron chi connectivity index (χ2n) is 6.54. The largest absolute Gasteiger partial charge is 0.497 e. The van der Waals surface area contributed by atoms with Crippen molar-refractivity contribution >= 4 is 18.3 Å². The Balaban J connectivity index is 0.00000261. The number of hydrogen-bond acceptors (Lipinski definition) is 6. The Labute approximate surface area is 165 Å². The van der Waals surface area contributed by atoms with Crippen LogP contribution < -0.4 is 10.1 Å². The normalized spacial score (nSPS) is 14.7. The summed E-state index contributed by atoms with van der Waals surface area (Å²) in [5.74, 6) is 2.13. The van der Waals surface area contributed by atoms with Crippen LogP contribution in [0.25, 0.3) is 11.4 Å². The first-order chi connectivity index (χ1) is 12.7. The lowest BCUT2D eigenvalue weighted by Gasteiger charge is -2.31. The summed E-state index contributed by atoms with van der Waals surface area (Å²) in [6.07, 6.45) is 3.90. The van der Waals surface area contributed by atoms with Gasteiger partial charge in [-0.3, -0.25) is 4.79 Å². The van der Waals surface area contributed by atoms with E-state index in [0.717, 1.165) is 43.7 Å². The van der Waals surface area contributed by atoms with Gasteiger partial charge in [-0.15, -0.1) is 12.4 Å². The molecule has 0 spiro atoms. The standard InChI is InChI=1S/C19H26N4O3.ClH/c1-20-15-10-12-23(13-11-15)18(24)5-3-4-17-21-19(22-26-17)14-6-8-16(25-2)9-7-14;/h6-9,15,20H,3-5,10-13H2,1-2H3;1H. The van der Waals surface area contributed by atoms with Gasteiger partial charge in [0.15, 0.2) is 0 Å². The van der Waals surface area contributed by atoms with Crippen LogP contribution >= 0.6 is 12.4 Å². The van der Waals surface area contributed by atoms with E-state index in [9.17, 15) is 4.79 Å². The molecule has 27 heavy (non-hydrogen) atoms. The summed E-state index contributed by atoms with van der Waals surface area (Å²) >= 11 is 0. The first-order valence-electron chi connectivity index (χ1n) is 9.11. The smallest absolute Gasteiger partial charge is 0.226 e. The van der Waals surface area contributed by atoms with Gasteiger partial charge in [0, 0.05) is 37.5 Å². The monoisotopic (exact) mass is 394 g/mol. The fourth-order valence-electron chi connectivity index (χ4n) is 3.18. The minimum atomic E-state index is 0. The lowest BCUT2D eigenvalue weighted by atomic mass is 10.0. The number of nitrogens with one attached hydrogen (secondary N) is 1. The molecule has 3 rings (SSSR count). The van der Waals surface area contributed by atoms with Crippen LogP contribution in [-0.4, -0.2) is 54.2 Å². The highest BCUT2D eigenvalue weighted by Crippen LogP contribution is 2.20. The second-order valence-corrected chi connectivity index (χ2v) is 6.54. The zero-order chi connectivity index (χ0) is 18.4. The number of halogens is 1. The van der Waals surface area contributed by atoms with E-state index in [-0.39, 0.29) is 18.3 Å². The molecule has 148 valence electrons. The van der Waals surface area contributed by atoms with Gasteiger partial charge in [-0.05, 0) is 50.6 Å². The van der Waals surface area contributed by atoms with Crippen molar-refractivity contribution < 1.29 is 14.1 Å². The number of ether oxygens (including phenoxy) is 1. The van der Waals surface area contributed by atoms with Crippen molar-refractivity contribution in [2.45, 2.75) is 38.1 Å². The molecule has 1 N–H and O–H groups in total. The van der Waals surface area contributed by atoms with Gasteiger partial charge in [0.1, 0.15) is 5.75 Å². The second kappa shape index (κ2) is 10.3. The average molecular weight is 395 g/mol. The summed E-state index contributed by atoms with van der Waals surface area (Å²) in [7, 11) is 3.61. The van der Waals surface area contributed by atoms with Gasteiger partial charge in [-0.2, -0.15) is 4.98 Å². The molecule has 8 heteroatoms. The Morgan fingerprint density at radius 1 is 1.30 bits per heavy atom. The maximum atomic E-state index is 12.3. The minimum Gasteiger partial charge on any atom is -0.497 e. The van der Waals surface area contributed by atoms with E-state index in [2.05, 4.69) is 15.5 Å². The highest BCUT2D eigenvalue weighted by atomic mass is 35.5. The molecule has 2 heterocycles. The Morgan fingerprint density at radius 2 is 2.00 bits per heavy atom. The highest BCUT2D eigenvalue weighted by Gasteiger charge is 2.21. The maximum absolute atomic E-state index is 12.3. The number of likely N-dealkylation sites (tertiary alicyclic amines) is 1. The molecule has 0 atom stereocenters. The zero-order valence-electron chi connectivity index (χ0n) is 15.8. The lowest BCUT2D eigenvalue weighted by molar-refractivity contribution is -0.132. The number of nitrogens with zero attached hydrogens (tertiary/aromatic N) is 3. The molecule has 1 saturated heterocycles. The van der Waals surface area contributed by atoms with Crippen LogP contribution in [0.4, 0.5) is 0 Å². The molecular formula is C19H27ClN4O3. The quantitative estimate of drug-likeness (QED) is 0.777. The average Bonchev–Trinajstić information content (AvgIpc) is 3.17. The topological polar surface area (TPSA) is 80.5 Å². The SMILES string of the molecule is CNC1CCN(C(=O)CCCc2nc(-c3ccc(OC)cc3)no2)CC1.Cl. The van der Waals surface area contributed by atoms with Gasteiger partial charge >= 0.3 is 0 Å². The van der Waals surface area contributed by atoms with E-state index < -0.39 is 0 Å². The number of benzene rings is 1. The van der Waals surface area contributed by atoms with E-state index in [4.69, 9.17) is 9.26 Å². The molecule has 0 unspecified atom stereocenters. The number of aryl methyl sites for hydroxylation is 1. The van der Waals surface area contributed by atoms with Gasteiger partial charge in [0.25, 0.3) is 0 Å². The molecule has 7 nitrogen and oxygen atoms in total. The summed E-state index contributed by atoms with van der Waals surface area (Å²) in [5.41, 5.74) is 0.879. The van der Waals surface area contributed by atoms with E-state index in [1.807, 2.05) is 36.2 Å². The number of aromatic nitrogens is 2. The van der Waals surface area contributed by atoms with Crippen molar-refractivity contribution in [2.75, 3.05) is 27.2 Å². The Hall–Kier alpha value is -2.12. The highest BCUT2D eigenvalue weighted by molar-refractivity contribution is 5.85. The molecule has 0 aliphatic carbocycles. The molecule has 1 aliphatic heterocycles. The summed E-state index contributed by atoms with van der Waals surface area (Å²) in [6.45, 7) is 1.68. The number of piperidine rings is 1. The third kappa shape index (κ3) is 5.68. The first kappa shape index (κ1) is 21.2. The fraction of sp³-hybridized carbons (Fsp3) is 0.526. The van der Waals surface area contributed by atoms with Gasteiger partial charge in [0.2, 0.25) is 17.6 Å². The molecule has 0 bridgehead atoms. The molecule has 0 radical (unpaired) electrons. The predicted molar refractivity (Wildman–Crippen MR) is 105 cm³/mol. The Bertz CT molecular complexity index is 712. The van der Waals surface area contributed by atoms with Crippen LogP contribution in [0.1, 0.15) is 31.6 Å². The number of carbonyl (C=O) groups is 1. The summed E-state index contributed by atoms with van der Waals surface area (Å²) in [6, 6.07) is 8.05. The molecule has 2 aromatic rings. The van der Waals surface area contributed by atoms with Crippen LogP contribution in [0.2, 0.25) is 0 Å². The van der Waals surface area contributed by atoms with Crippen molar-refractivity contribution in [1.82, 2.24) is 20.4 Å². The number of amides is 1. The van der Waals surface area contributed by atoms with Crippen LogP contribution in [-0.2, 0) is 11.2 Å². The number of rotatable bonds is 7. The van der Waals surface area contributed by atoms with Crippen LogP contribution in [0.5, 0.6) is 5.75 Å². The first-order valence-corrected chi connectivity index (χ1v) is 9.11. The van der Waals surface area contributed by atoms with E-state index in [1.165, 1.54) is 0 Å². The Kier molecular flexibility index (Phi) is 8.06. The van der Waals surface area contributed by atoms with Crippen LogP contribution in [0, 0.1) is 0 Å². The van der Waals surface area contributed by atoms with E-state index in [1.54, 1.807) is 7.11 Å². The molecule has 0 saturated carbocycles. The number of hydrogen-bond donors (Lipinski definition) is 1. The number of carbonyl (C=O) groups excluding carboxylic acids is 1. The predicted octanol–water partition coefficient (Wildman–Crippen LogP) is 2.70. The zero-order valence-corrected chi connectivity index (χ0v) is 16.6. The van der Waals surface area contributed by atoms with Gasteiger partial charge in [-0.1, -0.05) is 5.16 Å². The Morgan fingerprint density at radius 3 is 2.63 bits per heavy atom. The van der Waals surface area contributed by atoms with Gasteiger partial charge in [0.05, 0.1) is 7.11 Å². The summed E-state index contributed by atoms with van der Waals surface area (Å²) < 4.78 is 10.5. The summed E-state index contributed by atoms with van der Waals surface area (Å²) in [4.78, 5) is 18.7. The van der Waals surface area contributed by atoms with Crippen LogP contribution in [0.15, 0.2) is 28.8 Å². The van der Waals surface area contributed by atoms with Crippen LogP contribution in [0.3, 0.4) is 0 Å². The molecule has 1 fully saturated rings. The lowest BCUT2D eigenvalue weighted by Crippen LogP contribution is -2.43. The molecule has 1 amide bonds. The van der Waals surface area contributed by atoms with Crippen molar-refractivity contribution in [3.63, 3.8) is 0 Å². The van der Waals surface area contributed by atoms with Crippen molar-refractivity contribution in [3.8, 4) is 17.1 Å². The fourth-order valence-corrected chi connectivity index (χ4v) is 3.18. The van der Waals surface area contributed by atoms with Gasteiger partial charge in [-0.25, -0.2) is 0 Å². The minimum absolute atomic E-state index is 0. The van der Waals surface area contributed by atoms with E-state index in [0.29, 0.717) is 30.6 Å². The van der Waals surface area contributed by atoms with E-state index >= 15 is 0 Å². The van der Waals surface area contributed by atoms with Crippen molar-refractivity contribution in [3.05, 3.63) is 30.2 Å². The maximum Gasteiger partial charge on any atom is 0.226 e. The third-order valence-corrected chi connectivity index (χ3v) is 4.85. The molecule has 1 aromatic heterocycles. The summed E-state index contributed by atoms with van der Waals surface area (Å²) in [5, 5.41) is 7.30. The van der Waals surface area contributed by atoms with Crippen molar-refractivity contribution in [2.24, 2.45) is 0 Å². The van der Waals surface area contributed by atoms with Crippen molar-refractivity contribution in [1.29, 1.82) is 0 Å². The molecular weight excluding hydrogens is 368 g/mol. The number of methoxy groups -OCH3 is 1. The molecule has 1 aliphatic rings.